The molecule has 4 aromatic rings. The van der Waals surface area contributed by atoms with Crippen LogP contribution < -0.4 is 24.8 Å². The normalized spacial score (nSPS) is 10.0. The van der Waals surface area contributed by atoms with Crippen molar-refractivity contribution in [1.82, 2.24) is 0 Å². The van der Waals surface area contributed by atoms with Gasteiger partial charge >= 0.3 is 21.7 Å². The summed E-state index contributed by atoms with van der Waals surface area (Å²) < 4.78 is 0. The van der Waals surface area contributed by atoms with Crippen molar-refractivity contribution in [2.45, 2.75) is 13.0 Å². The van der Waals surface area contributed by atoms with Gasteiger partial charge in [-0.3, -0.25) is 0 Å². The van der Waals surface area contributed by atoms with Gasteiger partial charge in [-0.2, -0.15) is 0 Å². The van der Waals surface area contributed by atoms with Gasteiger partial charge in [0.2, 0.25) is 0 Å². The van der Waals surface area contributed by atoms with Gasteiger partial charge in [-0.25, -0.2) is 0 Å². The van der Waals surface area contributed by atoms with Crippen LogP contribution in [-0.4, -0.2) is 5.11 Å². The molecule has 0 saturated heterocycles. The van der Waals surface area contributed by atoms with E-state index in [2.05, 4.69) is 60.7 Å². The minimum atomic E-state index is 0. The molecule has 1 aliphatic rings. The Morgan fingerprint density at radius 3 is 1.97 bits per heavy atom. The number of hydrogen-bond acceptors (Lipinski definition) is 1. The Morgan fingerprint density at radius 1 is 0.667 bits per heavy atom. The molecule has 0 unspecified atom stereocenters. The summed E-state index contributed by atoms with van der Waals surface area (Å²) in [6.45, 7) is 0.140. The number of rotatable bonds is 2. The molecule has 0 spiro atoms. The first-order valence-corrected chi connectivity index (χ1v) is 9.19. The zero-order valence-electron chi connectivity index (χ0n) is 16.4. The van der Waals surface area contributed by atoms with Gasteiger partial charge in [0.05, 0.1) is 6.61 Å². The van der Waals surface area contributed by atoms with E-state index in [4.69, 9.17) is 5.11 Å². The fourth-order valence-electron chi connectivity index (χ4n) is 3.55. The molecule has 0 bridgehead atoms. The van der Waals surface area contributed by atoms with Crippen LogP contribution in [0.5, 0.6) is 0 Å². The Hall–Kier alpha value is -1.87. The number of hydrogen-bond donors (Lipinski definition) is 1. The van der Waals surface area contributed by atoms with Crippen molar-refractivity contribution < 1.29 is 51.6 Å². The SMILES string of the molecule is OCc1ccccc1.[Cl-].[Cl-].[Ti+3].[c-]1ccccc1-c1cccc2c1Cc1ccccc1-2. The van der Waals surface area contributed by atoms with E-state index in [0.717, 1.165) is 12.0 Å². The molecule has 0 aromatic heterocycles. The second-order valence-electron chi connectivity index (χ2n) is 6.59. The van der Waals surface area contributed by atoms with Gasteiger partial charge in [-0.05, 0) is 28.7 Å². The first kappa shape index (κ1) is 26.2. The predicted octanol–water partition coefficient (Wildman–Crippen LogP) is -0.0906. The molecule has 4 aromatic carbocycles. The smallest absolute Gasteiger partial charge is 1.00 e. The van der Waals surface area contributed by atoms with Gasteiger partial charge < -0.3 is 29.9 Å². The first-order chi connectivity index (χ1) is 13.4. The molecule has 30 heavy (non-hydrogen) atoms. The topological polar surface area (TPSA) is 20.2 Å². The third-order valence-corrected chi connectivity index (χ3v) is 4.88. The summed E-state index contributed by atoms with van der Waals surface area (Å²) in [7, 11) is 0. The van der Waals surface area contributed by atoms with Crippen molar-refractivity contribution in [2.75, 3.05) is 0 Å². The van der Waals surface area contributed by atoms with Gasteiger partial charge in [-0.1, -0.05) is 83.9 Å². The van der Waals surface area contributed by atoms with Crippen molar-refractivity contribution in [2.24, 2.45) is 0 Å². The van der Waals surface area contributed by atoms with E-state index < -0.39 is 0 Å². The number of aliphatic hydroxyl groups is 1. The van der Waals surface area contributed by atoms with E-state index in [-0.39, 0.29) is 53.1 Å². The van der Waals surface area contributed by atoms with Gasteiger partial charge in [-0.15, -0.1) is 35.9 Å². The molecule has 1 N–H and O–H groups in total. The summed E-state index contributed by atoms with van der Waals surface area (Å²) in [5.74, 6) is 0. The Labute approximate surface area is 205 Å². The maximum absolute atomic E-state index is 8.54. The van der Waals surface area contributed by atoms with Crippen LogP contribution in [-0.2, 0) is 34.7 Å². The predicted molar refractivity (Wildman–Crippen MR) is 111 cm³/mol. The average molecular weight is 468 g/mol. The number of aliphatic hydroxyl groups excluding tert-OH is 1. The van der Waals surface area contributed by atoms with Crippen molar-refractivity contribution in [3.63, 3.8) is 0 Å². The van der Waals surface area contributed by atoms with Crippen LogP contribution in [0.15, 0.2) is 97.1 Å². The quantitative estimate of drug-likeness (QED) is 0.284. The summed E-state index contributed by atoms with van der Waals surface area (Å²) in [6.07, 6.45) is 1.03. The van der Waals surface area contributed by atoms with E-state index in [0.29, 0.717) is 0 Å². The van der Waals surface area contributed by atoms with Gasteiger partial charge in [0.15, 0.2) is 0 Å². The molecule has 1 nitrogen and oxygen atoms in total. The first-order valence-electron chi connectivity index (χ1n) is 9.19. The molecule has 149 valence electrons. The Balaban J connectivity index is 0.000000355. The Kier molecular flexibility index (Phi) is 11.1. The Bertz CT molecular complexity index is 1040. The van der Waals surface area contributed by atoms with Crippen LogP contribution in [0.4, 0.5) is 0 Å². The monoisotopic (exact) mass is 467 g/mol. The van der Waals surface area contributed by atoms with E-state index in [9.17, 15) is 0 Å². The molecule has 1 radical (unpaired) electrons. The van der Waals surface area contributed by atoms with Crippen LogP contribution in [0, 0.1) is 6.07 Å². The van der Waals surface area contributed by atoms with Crippen LogP contribution in [0.2, 0.25) is 0 Å². The second-order valence-corrected chi connectivity index (χ2v) is 6.59. The van der Waals surface area contributed by atoms with Crippen molar-refractivity contribution in [1.29, 1.82) is 0 Å². The van der Waals surface area contributed by atoms with E-state index in [1.807, 2.05) is 42.5 Å². The molecule has 0 heterocycles. The third kappa shape index (κ3) is 5.85. The van der Waals surface area contributed by atoms with Gasteiger partial charge in [0, 0.05) is 0 Å². The van der Waals surface area contributed by atoms with Crippen LogP contribution in [0.1, 0.15) is 16.7 Å². The molecule has 1 aliphatic carbocycles. The molecule has 5 rings (SSSR count). The van der Waals surface area contributed by atoms with Crippen LogP contribution >= 0.6 is 0 Å². The molecule has 0 atom stereocenters. The molecule has 4 heteroatoms. The van der Waals surface area contributed by atoms with E-state index >= 15 is 0 Å². The maximum atomic E-state index is 8.54. The summed E-state index contributed by atoms with van der Waals surface area (Å²) in [5, 5.41) is 8.54. The molecule has 0 amide bonds. The van der Waals surface area contributed by atoms with Gasteiger partial charge in [0.25, 0.3) is 0 Å². The molecule has 0 fully saturated rings. The molecule has 0 aliphatic heterocycles. The molecule has 0 saturated carbocycles. The van der Waals surface area contributed by atoms with E-state index in [1.165, 1.54) is 33.4 Å². The molecular formula is C26H21Cl2OTi. The van der Waals surface area contributed by atoms with Crippen molar-refractivity contribution in [3.05, 3.63) is 120 Å². The summed E-state index contributed by atoms with van der Waals surface area (Å²) in [4.78, 5) is 0. The van der Waals surface area contributed by atoms with Crippen LogP contribution in [0.3, 0.4) is 0 Å². The van der Waals surface area contributed by atoms with E-state index in [1.54, 1.807) is 0 Å². The average Bonchev–Trinajstić information content (AvgIpc) is 3.14. The summed E-state index contributed by atoms with van der Waals surface area (Å²) >= 11 is 0. The number of fused-ring (bicyclic) bond motifs is 3. The van der Waals surface area contributed by atoms with Crippen LogP contribution in [0.25, 0.3) is 22.3 Å². The fraction of sp³-hybridized carbons (Fsp3) is 0.0769. The standard InChI is InChI=1S/C19H13.C7H8O.2ClH.Ti/c1-2-7-14(8-3-1)16-11-6-12-18-17-10-5-4-9-15(17)13-19(16)18;8-6-7-4-2-1-3-5-7;;;/h1-7,9-12H,13H2;1-5,8H,6H2;2*1H;/q-1;;;;+3/p-2. The zero-order chi connectivity index (χ0) is 18.5. The van der Waals surface area contributed by atoms with Crippen molar-refractivity contribution in [3.8, 4) is 22.3 Å². The third-order valence-electron chi connectivity index (χ3n) is 4.88. The summed E-state index contributed by atoms with van der Waals surface area (Å²) in [6, 6.07) is 36.4. The molecular weight excluding hydrogens is 447 g/mol. The summed E-state index contributed by atoms with van der Waals surface area (Å²) in [5.41, 5.74) is 9.10. The fourth-order valence-corrected chi connectivity index (χ4v) is 3.55. The second kappa shape index (κ2) is 12.7. The number of halogens is 2. The van der Waals surface area contributed by atoms with Gasteiger partial charge in [0.1, 0.15) is 0 Å². The zero-order valence-corrected chi connectivity index (χ0v) is 19.4. The minimum absolute atomic E-state index is 0. The minimum Gasteiger partial charge on any atom is -1.00 e. The number of benzene rings is 4. The maximum Gasteiger partial charge on any atom is 3.00 e. The Morgan fingerprint density at radius 2 is 1.30 bits per heavy atom. The largest absolute Gasteiger partial charge is 3.00 e. The van der Waals surface area contributed by atoms with Crippen molar-refractivity contribution >= 4 is 0 Å².